The average molecular weight is 366 g/mol. The fraction of sp³-hybridized carbons (Fsp3) is 0.500. The fourth-order valence-electron chi connectivity index (χ4n) is 2.30. The molecular formula is C16H19F5N2O2. The molecule has 0 fully saturated rings. The molecule has 1 aromatic rings. The summed E-state index contributed by atoms with van der Waals surface area (Å²) in [5, 5.41) is 1.72. The molecule has 1 N–H and O–H groups in total. The highest BCUT2D eigenvalue weighted by Gasteiger charge is 2.29. The Morgan fingerprint density at radius 2 is 1.40 bits per heavy atom. The summed E-state index contributed by atoms with van der Waals surface area (Å²) in [4.78, 5) is 25.4. The second-order valence-corrected chi connectivity index (χ2v) is 5.91. The Kier molecular flexibility index (Phi) is 6.89. The summed E-state index contributed by atoms with van der Waals surface area (Å²) in [7, 11) is 3.09. The Labute approximate surface area is 142 Å². The Bertz CT molecular complexity index is 650. The number of halogens is 5. The smallest absolute Gasteiger partial charge is 0.227 e. The molecule has 0 aliphatic carbocycles. The topological polar surface area (TPSA) is 49.4 Å². The molecule has 0 saturated carbocycles. The van der Waals surface area contributed by atoms with Crippen molar-refractivity contribution in [3.05, 3.63) is 29.1 Å². The summed E-state index contributed by atoms with van der Waals surface area (Å²) in [5.74, 6) is -13.4. The van der Waals surface area contributed by atoms with E-state index in [-0.39, 0.29) is 12.3 Å². The Hall–Kier alpha value is -2.19. The minimum atomic E-state index is -2.30. The number of carbonyl (C=O) groups excluding carboxylic acids is 2. The van der Waals surface area contributed by atoms with Crippen LogP contribution in [-0.4, -0.2) is 30.8 Å². The summed E-state index contributed by atoms with van der Waals surface area (Å²) in [5.41, 5.74) is -1.40. The molecular weight excluding hydrogens is 347 g/mol. The number of anilines is 1. The van der Waals surface area contributed by atoms with Crippen LogP contribution in [0.1, 0.15) is 26.7 Å². The van der Waals surface area contributed by atoms with Crippen molar-refractivity contribution < 1.29 is 31.5 Å². The van der Waals surface area contributed by atoms with Gasteiger partial charge in [-0.1, -0.05) is 13.8 Å². The lowest BCUT2D eigenvalue weighted by Gasteiger charge is -2.22. The van der Waals surface area contributed by atoms with Gasteiger partial charge in [0.1, 0.15) is 5.69 Å². The van der Waals surface area contributed by atoms with E-state index in [9.17, 15) is 31.5 Å². The van der Waals surface area contributed by atoms with Crippen molar-refractivity contribution in [2.45, 2.75) is 26.7 Å². The molecule has 1 aromatic carbocycles. The number of rotatable bonds is 6. The average Bonchev–Trinajstić information content (AvgIpc) is 2.58. The van der Waals surface area contributed by atoms with E-state index in [4.69, 9.17) is 0 Å². The summed E-state index contributed by atoms with van der Waals surface area (Å²) in [6.45, 7) is 3.13. The Balaban J connectivity index is 2.98. The van der Waals surface area contributed by atoms with Crippen LogP contribution in [0.3, 0.4) is 0 Å². The van der Waals surface area contributed by atoms with E-state index in [0.29, 0.717) is 6.42 Å². The zero-order valence-electron chi connectivity index (χ0n) is 14.2. The molecule has 0 aromatic heterocycles. The number of nitrogens with zero attached hydrogens (tertiary/aromatic N) is 1. The van der Waals surface area contributed by atoms with Crippen LogP contribution in [0, 0.1) is 40.9 Å². The maximum absolute atomic E-state index is 13.6. The second-order valence-electron chi connectivity index (χ2n) is 5.91. The lowest BCUT2D eigenvalue weighted by Crippen LogP contribution is -2.32. The lowest BCUT2D eigenvalue weighted by molar-refractivity contribution is -0.134. The van der Waals surface area contributed by atoms with Gasteiger partial charge in [0.15, 0.2) is 23.3 Å². The minimum Gasteiger partial charge on any atom is -0.349 e. The van der Waals surface area contributed by atoms with E-state index >= 15 is 0 Å². The first-order valence-corrected chi connectivity index (χ1v) is 7.56. The van der Waals surface area contributed by atoms with Crippen LogP contribution in [0.15, 0.2) is 0 Å². The highest BCUT2D eigenvalue weighted by Crippen LogP contribution is 2.28. The van der Waals surface area contributed by atoms with Gasteiger partial charge in [0, 0.05) is 25.9 Å². The quantitative estimate of drug-likeness (QED) is 0.476. The summed E-state index contributed by atoms with van der Waals surface area (Å²) >= 11 is 0. The zero-order chi connectivity index (χ0) is 19.5. The van der Waals surface area contributed by atoms with Gasteiger partial charge in [0.2, 0.25) is 17.6 Å². The molecule has 2 atom stereocenters. The molecule has 0 aliphatic heterocycles. The van der Waals surface area contributed by atoms with E-state index < -0.39 is 52.5 Å². The molecule has 1 rings (SSSR count). The number of carbonyl (C=O) groups is 2. The third-order valence-corrected chi connectivity index (χ3v) is 3.83. The monoisotopic (exact) mass is 366 g/mol. The molecule has 9 heteroatoms. The Morgan fingerprint density at radius 1 is 0.960 bits per heavy atom. The molecule has 0 saturated heterocycles. The van der Waals surface area contributed by atoms with Crippen LogP contribution in [0.5, 0.6) is 0 Å². The van der Waals surface area contributed by atoms with Gasteiger partial charge >= 0.3 is 0 Å². The first kappa shape index (κ1) is 20.9. The summed E-state index contributed by atoms with van der Waals surface area (Å²) < 4.78 is 66.5. The SMILES string of the molecule is CCC(CC(C)C(=O)Nc1c(F)c(F)c(F)c(F)c1F)C(=O)N(C)C. The molecule has 140 valence electrons. The van der Waals surface area contributed by atoms with Crippen molar-refractivity contribution in [1.82, 2.24) is 4.90 Å². The zero-order valence-corrected chi connectivity index (χ0v) is 14.2. The molecule has 0 bridgehead atoms. The van der Waals surface area contributed by atoms with E-state index in [0.717, 1.165) is 0 Å². The highest BCUT2D eigenvalue weighted by molar-refractivity contribution is 5.93. The number of benzene rings is 1. The maximum Gasteiger partial charge on any atom is 0.227 e. The van der Waals surface area contributed by atoms with E-state index in [1.54, 1.807) is 26.3 Å². The molecule has 4 nitrogen and oxygen atoms in total. The van der Waals surface area contributed by atoms with Crippen molar-refractivity contribution in [1.29, 1.82) is 0 Å². The standard InChI is InChI=1S/C16H19F5N2O2/c1-5-8(16(25)23(3)4)6-7(2)15(24)22-14-12(20)10(18)9(17)11(19)13(14)21/h7-8H,5-6H2,1-4H3,(H,22,24). The van der Waals surface area contributed by atoms with Gasteiger partial charge in [-0.25, -0.2) is 22.0 Å². The molecule has 2 unspecified atom stereocenters. The molecule has 0 radical (unpaired) electrons. The van der Waals surface area contributed by atoms with E-state index in [1.807, 2.05) is 0 Å². The van der Waals surface area contributed by atoms with Crippen LogP contribution in [0.2, 0.25) is 0 Å². The van der Waals surface area contributed by atoms with Gasteiger partial charge in [-0.3, -0.25) is 9.59 Å². The van der Waals surface area contributed by atoms with Gasteiger partial charge in [-0.05, 0) is 12.8 Å². The van der Waals surface area contributed by atoms with Crippen molar-refractivity contribution in [3.8, 4) is 0 Å². The van der Waals surface area contributed by atoms with Crippen molar-refractivity contribution >= 4 is 17.5 Å². The first-order valence-electron chi connectivity index (χ1n) is 7.56. The third kappa shape index (κ3) is 4.46. The number of amides is 2. The third-order valence-electron chi connectivity index (χ3n) is 3.83. The number of hydrogen-bond donors (Lipinski definition) is 1. The van der Waals surface area contributed by atoms with E-state index in [1.165, 1.54) is 11.8 Å². The van der Waals surface area contributed by atoms with Crippen LogP contribution < -0.4 is 5.32 Å². The van der Waals surface area contributed by atoms with Crippen molar-refractivity contribution in [2.24, 2.45) is 11.8 Å². The maximum atomic E-state index is 13.6. The molecule has 0 heterocycles. The lowest BCUT2D eigenvalue weighted by atomic mass is 9.92. The summed E-state index contributed by atoms with van der Waals surface area (Å²) in [6.07, 6.45) is 0.492. The largest absolute Gasteiger partial charge is 0.349 e. The highest BCUT2D eigenvalue weighted by atomic mass is 19.2. The van der Waals surface area contributed by atoms with Crippen LogP contribution >= 0.6 is 0 Å². The number of nitrogens with one attached hydrogen (secondary N) is 1. The Morgan fingerprint density at radius 3 is 1.80 bits per heavy atom. The fourth-order valence-corrected chi connectivity index (χ4v) is 2.30. The van der Waals surface area contributed by atoms with E-state index in [2.05, 4.69) is 0 Å². The van der Waals surface area contributed by atoms with Crippen molar-refractivity contribution in [2.75, 3.05) is 19.4 Å². The van der Waals surface area contributed by atoms with Crippen LogP contribution in [0.25, 0.3) is 0 Å². The van der Waals surface area contributed by atoms with Crippen molar-refractivity contribution in [3.63, 3.8) is 0 Å². The predicted octanol–water partition coefficient (Wildman–Crippen LogP) is 3.46. The van der Waals surface area contributed by atoms with Crippen LogP contribution in [0.4, 0.5) is 27.6 Å². The normalized spacial score (nSPS) is 13.3. The predicted molar refractivity (Wildman–Crippen MR) is 81.1 cm³/mol. The van der Waals surface area contributed by atoms with Crippen LogP contribution in [-0.2, 0) is 9.59 Å². The summed E-state index contributed by atoms with van der Waals surface area (Å²) in [6, 6.07) is 0. The first-order chi connectivity index (χ1) is 11.5. The minimum absolute atomic E-state index is 0.0642. The van der Waals surface area contributed by atoms with Gasteiger partial charge in [-0.15, -0.1) is 0 Å². The van der Waals surface area contributed by atoms with Gasteiger partial charge in [0.25, 0.3) is 0 Å². The molecule has 0 spiro atoms. The van der Waals surface area contributed by atoms with Gasteiger partial charge in [0.05, 0.1) is 0 Å². The molecule has 25 heavy (non-hydrogen) atoms. The number of hydrogen-bond acceptors (Lipinski definition) is 2. The molecule has 0 aliphatic rings. The van der Waals surface area contributed by atoms with Gasteiger partial charge in [-0.2, -0.15) is 0 Å². The molecule has 2 amide bonds. The van der Waals surface area contributed by atoms with Gasteiger partial charge < -0.3 is 10.2 Å². The second kappa shape index (κ2) is 8.26.